The highest BCUT2D eigenvalue weighted by Crippen LogP contribution is 2.12. The number of hydrogen-bond acceptors (Lipinski definition) is 3. The highest BCUT2D eigenvalue weighted by molar-refractivity contribution is 5.95. The summed E-state index contributed by atoms with van der Waals surface area (Å²) < 4.78 is 0. The zero-order chi connectivity index (χ0) is 18.2. The van der Waals surface area contributed by atoms with E-state index in [4.69, 9.17) is 0 Å². The summed E-state index contributed by atoms with van der Waals surface area (Å²) >= 11 is 0. The number of urea groups is 1. The third-order valence-corrected chi connectivity index (χ3v) is 3.86. The molecule has 132 valence electrons. The number of nitrogens with one attached hydrogen (secondary N) is 1. The Hall–Kier alpha value is -2.66. The van der Waals surface area contributed by atoms with E-state index in [0.717, 1.165) is 12.1 Å². The second kappa shape index (κ2) is 8.99. The van der Waals surface area contributed by atoms with Crippen LogP contribution in [-0.2, 0) is 6.54 Å². The van der Waals surface area contributed by atoms with E-state index in [1.165, 1.54) is 6.92 Å². The second-order valence-electron chi connectivity index (χ2n) is 6.27. The van der Waals surface area contributed by atoms with Crippen LogP contribution < -0.4 is 5.32 Å². The lowest BCUT2D eigenvalue weighted by Gasteiger charge is -2.25. The average Bonchev–Trinajstić information content (AvgIpc) is 2.59. The summed E-state index contributed by atoms with van der Waals surface area (Å²) in [4.78, 5) is 27.9. The van der Waals surface area contributed by atoms with Crippen molar-refractivity contribution in [3.63, 3.8) is 0 Å². The van der Waals surface area contributed by atoms with Crippen LogP contribution in [0.4, 0.5) is 10.5 Å². The van der Waals surface area contributed by atoms with Crippen molar-refractivity contribution in [2.75, 3.05) is 32.5 Å². The Labute approximate surface area is 149 Å². The molecule has 2 amide bonds. The van der Waals surface area contributed by atoms with Crippen LogP contribution in [0.1, 0.15) is 22.8 Å². The van der Waals surface area contributed by atoms with E-state index in [1.54, 1.807) is 29.2 Å². The standard InChI is InChI=1S/C20H25N3O2/c1-16(24)18-9-11-19(12-10-18)21-20(25)23(14-13-22(2)3)15-17-7-5-4-6-8-17/h4-12H,13-15H2,1-3H3,(H,21,25). The zero-order valence-corrected chi connectivity index (χ0v) is 15.0. The summed E-state index contributed by atoms with van der Waals surface area (Å²) in [5.74, 6) is 0.00886. The van der Waals surface area contributed by atoms with E-state index in [2.05, 4.69) is 5.32 Å². The quantitative estimate of drug-likeness (QED) is 0.786. The minimum Gasteiger partial charge on any atom is -0.319 e. The lowest BCUT2D eigenvalue weighted by Crippen LogP contribution is -2.39. The SMILES string of the molecule is CC(=O)c1ccc(NC(=O)N(CCN(C)C)Cc2ccccc2)cc1. The second-order valence-corrected chi connectivity index (χ2v) is 6.27. The topological polar surface area (TPSA) is 52.7 Å². The van der Waals surface area contributed by atoms with Gasteiger partial charge in [-0.3, -0.25) is 4.79 Å². The Bertz CT molecular complexity index is 697. The molecule has 0 radical (unpaired) electrons. The number of rotatable bonds is 7. The van der Waals surface area contributed by atoms with Gasteiger partial charge in [-0.25, -0.2) is 4.79 Å². The molecule has 2 rings (SSSR count). The maximum absolute atomic E-state index is 12.7. The summed E-state index contributed by atoms with van der Waals surface area (Å²) in [7, 11) is 3.97. The molecule has 5 nitrogen and oxygen atoms in total. The van der Waals surface area contributed by atoms with Crippen molar-refractivity contribution in [1.82, 2.24) is 9.80 Å². The molecule has 1 N–H and O–H groups in total. The largest absolute Gasteiger partial charge is 0.322 e. The number of ketones is 1. The number of amides is 2. The van der Waals surface area contributed by atoms with Gasteiger partial charge in [-0.15, -0.1) is 0 Å². The van der Waals surface area contributed by atoms with Crippen molar-refractivity contribution in [2.24, 2.45) is 0 Å². The fourth-order valence-corrected chi connectivity index (χ4v) is 2.37. The van der Waals surface area contributed by atoms with Crippen molar-refractivity contribution in [3.05, 3.63) is 65.7 Å². The smallest absolute Gasteiger partial charge is 0.319 e. The molecule has 0 spiro atoms. The third kappa shape index (κ3) is 6.04. The first-order valence-electron chi connectivity index (χ1n) is 8.31. The summed E-state index contributed by atoms with van der Waals surface area (Å²) in [5, 5.41) is 2.91. The van der Waals surface area contributed by atoms with Crippen LogP contribution in [0.2, 0.25) is 0 Å². The van der Waals surface area contributed by atoms with E-state index in [0.29, 0.717) is 24.3 Å². The number of nitrogens with zero attached hydrogens (tertiary/aromatic N) is 2. The van der Waals surface area contributed by atoms with Gasteiger partial charge in [0.25, 0.3) is 0 Å². The number of anilines is 1. The summed E-state index contributed by atoms with van der Waals surface area (Å²) in [6, 6.07) is 16.7. The molecular formula is C20H25N3O2. The lowest BCUT2D eigenvalue weighted by molar-refractivity contribution is 0.101. The van der Waals surface area contributed by atoms with Crippen LogP contribution in [0.5, 0.6) is 0 Å². The van der Waals surface area contributed by atoms with Gasteiger partial charge in [0, 0.05) is 30.9 Å². The van der Waals surface area contributed by atoms with Gasteiger partial charge in [-0.05, 0) is 50.8 Å². The van der Waals surface area contributed by atoms with E-state index < -0.39 is 0 Å². The van der Waals surface area contributed by atoms with Crippen LogP contribution in [0.3, 0.4) is 0 Å². The molecule has 0 aromatic heterocycles. The minimum atomic E-state index is -0.152. The molecule has 0 atom stereocenters. The number of Topliss-reactive ketones (excluding diaryl/α,β-unsaturated/α-hetero) is 1. The summed E-state index contributed by atoms with van der Waals surface area (Å²) in [6.07, 6.45) is 0. The fourth-order valence-electron chi connectivity index (χ4n) is 2.37. The first kappa shape index (κ1) is 18.7. The maximum atomic E-state index is 12.7. The third-order valence-electron chi connectivity index (χ3n) is 3.86. The number of benzene rings is 2. The van der Waals surface area contributed by atoms with Crippen molar-refractivity contribution < 1.29 is 9.59 Å². The monoisotopic (exact) mass is 339 g/mol. The molecule has 0 fully saturated rings. The predicted molar refractivity (Wildman–Crippen MR) is 101 cm³/mol. The maximum Gasteiger partial charge on any atom is 0.322 e. The van der Waals surface area contributed by atoms with E-state index in [-0.39, 0.29) is 11.8 Å². The minimum absolute atomic E-state index is 0.00886. The molecular weight excluding hydrogens is 314 g/mol. The molecule has 2 aromatic carbocycles. The molecule has 0 heterocycles. The predicted octanol–water partition coefficient (Wildman–Crippen LogP) is 3.48. The Morgan fingerprint density at radius 3 is 2.12 bits per heavy atom. The highest BCUT2D eigenvalue weighted by Gasteiger charge is 2.14. The van der Waals surface area contributed by atoms with Gasteiger partial charge < -0.3 is 15.1 Å². The number of carbonyl (C=O) groups is 2. The van der Waals surface area contributed by atoms with Crippen LogP contribution in [0.15, 0.2) is 54.6 Å². The van der Waals surface area contributed by atoms with E-state index in [1.807, 2.05) is 49.3 Å². The van der Waals surface area contributed by atoms with Crippen LogP contribution in [0, 0.1) is 0 Å². The van der Waals surface area contributed by atoms with Crippen LogP contribution in [-0.4, -0.2) is 48.8 Å². The van der Waals surface area contributed by atoms with Gasteiger partial charge in [0.15, 0.2) is 5.78 Å². The van der Waals surface area contributed by atoms with Crippen LogP contribution in [0.25, 0.3) is 0 Å². The number of carbonyl (C=O) groups excluding carboxylic acids is 2. The molecule has 5 heteroatoms. The van der Waals surface area contributed by atoms with Gasteiger partial charge in [0.05, 0.1) is 0 Å². The molecule has 0 unspecified atom stereocenters. The van der Waals surface area contributed by atoms with Gasteiger partial charge in [-0.2, -0.15) is 0 Å². The normalized spacial score (nSPS) is 10.6. The number of likely N-dealkylation sites (N-methyl/N-ethyl adjacent to an activating group) is 1. The Kier molecular flexibility index (Phi) is 6.71. The molecule has 2 aromatic rings. The van der Waals surface area contributed by atoms with Crippen LogP contribution >= 0.6 is 0 Å². The molecule has 0 saturated carbocycles. The van der Waals surface area contributed by atoms with Gasteiger partial charge >= 0.3 is 6.03 Å². The van der Waals surface area contributed by atoms with Gasteiger partial charge in [0.1, 0.15) is 0 Å². The number of hydrogen-bond donors (Lipinski definition) is 1. The zero-order valence-electron chi connectivity index (χ0n) is 15.0. The van der Waals surface area contributed by atoms with Crippen molar-refractivity contribution in [2.45, 2.75) is 13.5 Å². The van der Waals surface area contributed by atoms with Crippen molar-refractivity contribution >= 4 is 17.5 Å². The highest BCUT2D eigenvalue weighted by atomic mass is 16.2. The van der Waals surface area contributed by atoms with Crippen molar-refractivity contribution in [1.29, 1.82) is 0 Å². The molecule has 25 heavy (non-hydrogen) atoms. The summed E-state index contributed by atoms with van der Waals surface area (Å²) in [6.45, 7) is 3.48. The molecule has 0 aliphatic rings. The summed E-state index contributed by atoms with van der Waals surface area (Å²) in [5.41, 5.74) is 2.40. The van der Waals surface area contributed by atoms with Crippen molar-refractivity contribution in [3.8, 4) is 0 Å². The molecule has 0 aliphatic heterocycles. The Morgan fingerprint density at radius 2 is 1.56 bits per heavy atom. The molecule has 0 bridgehead atoms. The first-order valence-corrected chi connectivity index (χ1v) is 8.31. The Balaban J connectivity index is 2.06. The van der Waals surface area contributed by atoms with Gasteiger partial charge in [0.2, 0.25) is 0 Å². The molecule has 0 aliphatic carbocycles. The first-order chi connectivity index (χ1) is 12.0. The van der Waals surface area contributed by atoms with Gasteiger partial charge in [-0.1, -0.05) is 30.3 Å². The average molecular weight is 339 g/mol. The fraction of sp³-hybridized carbons (Fsp3) is 0.300. The molecule has 0 saturated heterocycles. The van der Waals surface area contributed by atoms with E-state index in [9.17, 15) is 9.59 Å². The Morgan fingerprint density at radius 1 is 0.920 bits per heavy atom. The van der Waals surface area contributed by atoms with E-state index >= 15 is 0 Å². The lowest BCUT2D eigenvalue weighted by atomic mass is 10.1.